The first kappa shape index (κ1) is 15.0. The Kier molecular flexibility index (Phi) is 3.86. The first-order chi connectivity index (χ1) is 9.27. The summed E-state index contributed by atoms with van der Waals surface area (Å²) in [5, 5.41) is 0. The normalized spacial score (nSPS) is 19.2. The summed E-state index contributed by atoms with van der Waals surface area (Å²) in [5.41, 5.74) is -2.00. The maximum absolute atomic E-state index is 13.0. The molecule has 0 atom stereocenters. The second-order valence-corrected chi connectivity index (χ2v) is 4.65. The summed E-state index contributed by atoms with van der Waals surface area (Å²) in [6.07, 6.45) is -5.06. The smallest absolute Gasteiger partial charge is 0.371 e. The Balaban J connectivity index is 2.15. The first-order valence-electron chi connectivity index (χ1n) is 5.97. The van der Waals surface area contributed by atoms with Gasteiger partial charge in [0, 0.05) is 50.9 Å². The number of aromatic nitrogens is 1. The van der Waals surface area contributed by atoms with E-state index in [2.05, 4.69) is 9.72 Å². The summed E-state index contributed by atoms with van der Waals surface area (Å²) in [4.78, 5) is 4.43. The van der Waals surface area contributed by atoms with Crippen LogP contribution in [0.15, 0.2) is 12.1 Å². The summed E-state index contributed by atoms with van der Waals surface area (Å²) >= 11 is 0. The van der Waals surface area contributed by atoms with Crippen molar-refractivity contribution in [3.8, 4) is 0 Å². The maximum Gasteiger partial charge on any atom is 0.417 e. The van der Waals surface area contributed by atoms with Gasteiger partial charge in [-0.05, 0) is 0 Å². The minimum absolute atomic E-state index is 0.00373. The van der Waals surface area contributed by atoms with E-state index in [4.69, 9.17) is 0 Å². The number of piperidine rings is 1. The highest BCUT2D eigenvalue weighted by Crippen LogP contribution is 2.41. The summed E-state index contributed by atoms with van der Waals surface area (Å²) in [6.45, 7) is -0.00745. The molecule has 1 aromatic heterocycles. The Bertz CT molecular complexity index is 463. The van der Waals surface area contributed by atoms with Crippen LogP contribution in [0.2, 0.25) is 0 Å². The predicted molar refractivity (Wildman–Crippen MR) is 61.4 cm³/mol. The van der Waals surface area contributed by atoms with Crippen LogP contribution in [0.4, 0.5) is 27.6 Å². The first-order valence-corrected chi connectivity index (χ1v) is 5.97. The topological polar surface area (TPSA) is 25.4 Å². The molecule has 2 rings (SSSR count). The van der Waals surface area contributed by atoms with Crippen molar-refractivity contribution in [3.05, 3.63) is 24.0 Å². The lowest BCUT2D eigenvalue weighted by molar-refractivity contribution is -0.276. The monoisotopic (exact) mass is 296 g/mol. The van der Waals surface area contributed by atoms with Crippen LogP contribution in [0.1, 0.15) is 12.8 Å². The van der Waals surface area contributed by atoms with Gasteiger partial charge in [-0.1, -0.05) is 0 Å². The zero-order valence-electron chi connectivity index (χ0n) is 10.7. The van der Waals surface area contributed by atoms with E-state index < -0.39 is 23.7 Å². The Morgan fingerprint density at radius 3 is 2.05 bits per heavy atom. The number of alkyl halides is 3. The van der Waals surface area contributed by atoms with Gasteiger partial charge in [-0.2, -0.15) is 26.9 Å². The second kappa shape index (κ2) is 5.16. The number of rotatable bonds is 2. The zero-order valence-corrected chi connectivity index (χ0v) is 10.7. The fraction of sp³-hybridized carbons (Fsp3) is 0.583. The second-order valence-electron chi connectivity index (χ2n) is 4.65. The molecule has 1 aliphatic heterocycles. The lowest BCUT2D eigenvalue weighted by Crippen LogP contribution is -2.54. The van der Waals surface area contributed by atoms with E-state index >= 15 is 0 Å². The van der Waals surface area contributed by atoms with Crippen LogP contribution in [-0.2, 0) is 4.74 Å². The molecule has 1 aliphatic rings. The third-order valence-corrected chi connectivity index (χ3v) is 3.59. The number of nitrogens with zero attached hydrogens (tertiary/aromatic N) is 2. The Morgan fingerprint density at radius 2 is 1.65 bits per heavy atom. The van der Waals surface area contributed by atoms with Crippen molar-refractivity contribution < 1.29 is 26.7 Å². The van der Waals surface area contributed by atoms with E-state index in [0.29, 0.717) is 0 Å². The number of ether oxygens (including phenoxy) is 1. The fourth-order valence-electron chi connectivity index (χ4n) is 2.36. The van der Waals surface area contributed by atoms with Crippen LogP contribution < -0.4 is 4.90 Å². The number of hydrogen-bond donors (Lipinski definition) is 0. The Hall–Kier alpha value is -1.44. The van der Waals surface area contributed by atoms with E-state index in [-0.39, 0.29) is 31.6 Å². The van der Waals surface area contributed by atoms with Gasteiger partial charge in [0.15, 0.2) is 5.60 Å². The molecular weight excluding hydrogens is 283 g/mol. The number of pyridine rings is 1. The molecule has 1 aromatic rings. The molecule has 0 radical (unpaired) electrons. The van der Waals surface area contributed by atoms with Gasteiger partial charge in [0.2, 0.25) is 11.9 Å². The molecule has 0 amide bonds. The molecule has 1 saturated heterocycles. The number of methoxy groups -OCH3 is 1. The molecular formula is C12H13F5N2O. The SMILES string of the molecule is COC1(C(F)(F)F)CCN(c2cc(F)nc(F)c2)CC1. The molecule has 0 unspecified atom stereocenters. The van der Waals surface area contributed by atoms with Crippen molar-refractivity contribution in [2.75, 3.05) is 25.1 Å². The van der Waals surface area contributed by atoms with Gasteiger partial charge in [0.05, 0.1) is 0 Å². The van der Waals surface area contributed by atoms with Crippen molar-refractivity contribution in [3.63, 3.8) is 0 Å². The van der Waals surface area contributed by atoms with Gasteiger partial charge in [-0.3, -0.25) is 0 Å². The van der Waals surface area contributed by atoms with E-state index in [1.54, 1.807) is 0 Å². The van der Waals surface area contributed by atoms with Crippen LogP contribution in [0.3, 0.4) is 0 Å². The van der Waals surface area contributed by atoms with Crippen molar-refractivity contribution in [2.45, 2.75) is 24.6 Å². The molecule has 3 nitrogen and oxygen atoms in total. The minimum atomic E-state index is -4.47. The van der Waals surface area contributed by atoms with Crippen molar-refractivity contribution in [1.82, 2.24) is 4.98 Å². The van der Waals surface area contributed by atoms with Gasteiger partial charge in [-0.15, -0.1) is 0 Å². The average molecular weight is 296 g/mol. The van der Waals surface area contributed by atoms with Gasteiger partial charge in [0.1, 0.15) is 0 Å². The molecule has 0 saturated carbocycles. The average Bonchev–Trinajstić information content (AvgIpc) is 2.36. The highest BCUT2D eigenvalue weighted by Gasteiger charge is 2.56. The fourth-order valence-corrected chi connectivity index (χ4v) is 2.36. The number of hydrogen-bond acceptors (Lipinski definition) is 3. The summed E-state index contributed by atoms with van der Waals surface area (Å²) in [5.74, 6) is -2.00. The molecule has 20 heavy (non-hydrogen) atoms. The maximum atomic E-state index is 13.0. The number of anilines is 1. The van der Waals surface area contributed by atoms with E-state index in [1.807, 2.05) is 0 Å². The van der Waals surface area contributed by atoms with Crippen LogP contribution in [0.25, 0.3) is 0 Å². The molecule has 1 fully saturated rings. The summed E-state index contributed by atoms with van der Waals surface area (Å²) < 4.78 is 69.6. The molecule has 0 aromatic carbocycles. The third-order valence-electron chi connectivity index (χ3n) is 3.59. The van der Waals surface area contributed by atoms with Crippen LogP contribution >= 0.6 is 0 Å². The molecule has 0 bridgehead atoms. The predicted octanol–water partition coefficient (Wildman–Crippen LogP) is 2.91. The summed E-state index contributed by atoms with van der Waals surface area (Å²) in [6, 6.07) is 1.99. The molecule has 8 heteroatoms. The van der Waals surface area contributed by atoms with Gasteiger partial charge >= 0.3 is 6.18 Å². The van der Waals surface area contributed by atoms with E-state index in [1.165, 1.54) is 4.90 Å². The van der Waals surface area contributed by atoms with Gasteiger partial charge < -0.3 is 9.64 Å². The highest BCUT2D eigenvalue weighted by atomic mass is 19.4. The Morgan fingerprint density at radius 1 is 1.15 bits per heavy atom. The molecule has 0 aliphatic carbocycles. The standard InChI is InChI=1S/C12H13F5N2O/c1-20-11(12(15,16)17)2-4-19(5-3-11)8-6-9(13)18-10(14)7-8/h6-7H,2-5H2,1H3. The van der Waals surface area contributed by atoms with E-state index in [9.17, 15) is 22.0 Å². The molecule has 0 N–H and O–H groups in total. The van der Waals surface area contributed by atoms with Gasteiger partial charge in [-0.25, -0.2) is 0 Å². The Labute approximate surface area is 112 Å². The number of halogens is 5. The van der Waals surface area contributed by atoms with Crippen molar-refractivity contribution in [1.29, 1.82) is 0 Å². The van der Waals surface area contributed by atoms with Gasteiger partial charge in [0.25, 0.3) is 0 Å². The van der Waals surface area contributed by atoms with E-state index in [0.717, 1.165) is 19.2 Å². The van der Waals surface area contributed by atoms with Crippen molar-refractivity contribution >= 4 is 5.69 Å². The van der Waals surface area contributed by atoms with Crippen LogP contribution in [-0.4, -0.2) is 37.0 Å². The zero-order chi connectivity index (χ0) is 15.0. The molecule has 2 heterocycles. The quantitative estimate of drug-likeness (QED) is 0.620. The molecule has 112 valence electrons. The molecule has 0 spiro atoms. The van der Waals surface area contributed by atoms with Crippen LogP contribution in [0.5, 0.6) is 0 Å². The summed E-state index contributed by atoms with van der Waals surface area (Å²) in [7, 11) is 1.02. The lowest BCUT2D eigenvalue weighted by atomic mass is 9.90. The highest BCUT2D eigenvalue weighted by molar-refractivity contribution is 5.46. The lowest BCUT2D eigenvalue weighted by Gasteiger charge is -2.42. The van der Waals surface area contributed by atoms with Crippen LogP contribution in [0, 0.1) is 11.9 Å². The largest absolute Gasteiger partial charge is 0.417 e. The minimum Gasteiger partial charge on any atom is -0.371 e. The van der Waals surface area contributed by atoms with Crippen molar-refractivity contribution in [2.24, 2.45) is 0 Å². The third kappa shape index (κ3) is 2.70.